The van der Waals surface area contributed by atoms with Gasteiger partial charge in [0.25, 0.3) is 0 Å². The number of carbonyl (C=O) groups excluding carboxylic acids is 3. The Morgan fingerprint density at radius 2 is 0.688 bits per heavy atom. The van der Waals surface area contributed by atoms with Crippen LogP contribution in [-0.4, -0.2) is 82.1 Å². The molecule has 0 saturated carbocycles. The van der Waals surface area contributed by atoms with E-state index in [2.05, 4.69) is 0 Å². The van der Waals surface area contributed by atoms with Crippen molar-refractivity contribution in [3.8, 4) is 34.5 Å². The molecule has 0 aliphatic rings. The van der Waals surface area contributed by atoms with Crippen molar-refractivity contribution < 1.29 is 59.2 Å². The van der Waals surface area contributed by atoms with Gasteiger partial charge in [-0.05, 0) is 54.6 Å². The Kier molecular flexibility index (Phi) is 10.4. The smallest absolute Gasteiger partial charge is 0.338 e. The Morgan fingerprint density at radius 3 is 0.917 bits per heavy atom. The van der Waals surface area contributed by atoms with E-state index >= 15 is 0 Å². The third-order valence-corrected chi connectivity index (χ3v) is 6.66. The molecule has 0 bridgehead atoms. The van der Waals surface area contributed by atoms with Crippen molar-refractivity contribution in [1.82, 2.24) is 13.7 Å². The minimum atomic E-state index is -1.17. The molecule has 0 radical (unpaired) electrons. The molecule has 252 valence electrons. The van der Waals surface area contributed by atoms with E-state index in [9.17, 15) is 59.4 Å². The number of carbonyl (C=O) groups is 3. The maximum Gasteiger partial charge on any atom is 0.338 e. The van der Waals surface area contributed by atoms with Crippen LogP contribution in [0.1, 0.15) is 31.1 Å². The van der Waals surface area contributed by atoms with Gasteiger partial charge in [-0.1, -0.05) is 0 Å². The fraction of sp³-hybridized carbons (Fsp3) is 0.200. The van der Waals surface area contributed by atoms with E-state index in [0.29, 0.717) is 13.7 Å². The van der Waals surface area contributed by atoms with Gasteiger partial charge >= 0.3 is 35.0 Å². The quantitative estimate of drug-likeness (QED) is 0.0657. The van der Waals surface area contributed by atoms with Crippen molar-refractivity contribution >= 4 is 17.9 Å². The molecule has 0 aliphatic carbocycles. The van der Waals surface area contributed by atoms with E-state index in [-0.39, 0.29) is 16.7 Å². The first-order valence-electron chi connectivity index (χ1n) is 13.8. The molecule has 3 aromatic carbocycles. The SMILES string of the molecule is O=C(OCCn1c(=O)n(CCOC(=O)c2ccc(O)c(O)c2)c(=O)n(CCOC(=O)c2ccc(O)c(O)c2)c1=O)c1ccc(O)c(O)c1. The summed E-state index contributed by atoms with van der Waals surface area (Å²) in [5.41, 5.74) is -3.99. The van der Waals surface area contributed by atoms with Crippen LogP contribution in [0.2, 0.25) is 0 Å². The monoisotopic (exact) mass is 669 g/mol. The van der Waals surface area contributed by atoms with Crippen molar-refractivity contribution in [3.63, 3.8) is 0 Å². The van der Waals surface area contributed by atoms with Crippen molar-refractivity contribution in [2.75, 3.05) is 19.8 Å². The molecular formula is C30H27N3O15. The van der Waals surface area contributed by atoms with Gasteiger partial charge in [-0.15, -0.1) is 0 Å². The number of ether oxygens (including phenoxy) is 3. The summed E-state index contributed by atoms with van der Waals surface area (Å²) < 4.78 is 16.8. The van der Waals surface area contributed by atoms with Crippen LogP contribution in [0.3, 0.4) is 0 Å². The first-order valence-corrected chi connectivity index (χ1v) is 13.8. The molecular weight excluding hydrogens is 642 g/mol. The Morgan fingerprint density at radius 1 is 0.438 bits per heavy atom. The van der Waals surface area contributed by atoms with Crippen LogP contribution in [0, 0.1) is 0 Å². The lowest BCUT2D eigenvalue weighted by molar-refractivity contribution is 0.0485. The fourth-order valence-electron chi connectivity index (χ4n) is 4.15. The molecule has 0 atom stereocenters. The summed E-state index contributed by atoms with van der Waals surface area (Å²) >= 11 is 0. The number of benzene rings is 3. The van der Waals surface area contributed by atoms with Crippen LogP contribution >= 0.6 is 0 Å². The molecule has 48 heavy (non-hydrogen) atoms. The first-order chi connectivity index (χ1) is 22.8. The van der Waals surface area contributed by atoms with Crippen LogP contribution < -0.4 is 17.1 Å². The minimum Gasteiger partial charge on any atom is -0.504 e. The number of phenols is 6. The second-order valence-electron chi connectivity index (χ2n) is 9.82. The lowest BCUT2D eigenvalue weighted by atomic mass is 10.2. The van der Waals surface area contributed by atoms with Gasteiger partial charge in [0.1, 0.15) is 19.8 Å². The molecule has 0 aliphatic heterocycles. The summed E-state index contributed by atoms with van der Waals surface area (Å²) in [5.74, 6) is -6.19. The summed E-state index contributed by atoms with van der Waals surface area (Å²) in [6.45, 7) is -3.46. The number of nitrogens with zero attached hydrogens (tertiary/aromatic N) is 3. The van der Waals surface area contributed by atoms with Gasteiger partial charge in [0.2, 0.25) is 0 Å². The third kappa shape index (κ3) is 7.73. The molecule has 4 rings (SSSR count). The normalized spacial score (nSPS) is 10.8. The first kappa shape index (κ1) is 34.2. The highest BCUT2D eigenvalue weighted by molar-refractivity contribution is 5.91. The molecule has 0 fully saturated rings. The summed E-state index contributed by atoms with van der Waals surface area (Å²) in [7, 11) is 0. The summed E-state index contributed by atoms with van der Waals surface area (Å²) in [6.07, 6.45) is 0. The van der Waals surface area contributed by atoms with E-state index in [1.165, 1.54) is 0 Å². The maximum atomic E-state index is 13.2. The van der Waals surface area contributed by atoms with Gasteiger partial charge in [-0.2, -0.15) is 0 Å². The molecule has 0 unspecified atom stereocenters. The zero-order valence-electron chi connectivity index (χ0n) is 24.6. The number of hydrogen-bond donors (Lipinski definition) is 6. The second-order valence-corrected chi connectivity index (χ2v) is 9.82. The standard InChI is InChI=1S/C30H27N3O15/c34-19-4-1-16(13-22(19)37)25(40)46-10-7-31-28(43)32(8-11-47-26(41)17-2-5-20(35)23(38)14-17)30(45)33(29(31)44)9-12-48-27(42)18-3-6-21(36)24(39)15-18/h1-6,13-15,34-39H,7-12H2. The molecule has 6 N–H and O–H groups in total. The average Bonchev–Trinajstić information content (AvgIpc) is 3.05. The highest BCUT2D eigenvalue weighted by Crippen LogP contribution is 2.26. The lowest BCUT2D eigenvalue weighted by Gasteiger charge is -2.15. The summed E-state index contributed by atoms with van der Waals surface area (Å²) in [6, 6.07) is 9.36. The Balaban J connectivity index is 1.54. The second kappa shape index (κ2) is 14.6. The van der Waals surface area contributed by atoms with E-state index in [1.807, 2.05) is 0 Å². The predicted molar refractivity (Wildman–Crippen MR) is 159 cm³/mol. The molecule has 0 amide bonds. The van der Waals surface area contributed by atoms with Crippen LogP contribution in [0.5, 0.6) is 34.5 Å². The van der Waals surface area contributed by atoms with Crippen LogP contribution in [0.4, 0.5) is 0 Å². The molecule has 0 spiro atoms. The van der Waals surface area contributed by atoms with Crippen molar-refractivity contribution in [3.05, 3.63) is 103 Å². The van der Waals surface area contributed by atoms with E-state index < -0.39 is 109 Å². The highest BCUT2D eigenvalue weighted by Gasteiger charge is 2.19. The zero-order valence-corrected chi connectivity index (χ0v) is 24.6. The number of hydrogen-bond acceptors (Lipinski definition) is 15. The number of aromatic hydroxyl groups is 6. The van der Waals surface area contributed by atoms with E-state index in [1.54, 1.807) is 0 Å². The number of aromatic nitrogens is 3. The van der Waals surface area contributed by atoms with Crippen molar-refractivity contribution in [1.29, 1.82) is 0 Å². The van der Waals surface area contributed by atoms with E-state index in [0.717, 1.165) is 54.6 Å². The largest absolute Gasteiger partial charge is 0.504 e. The molecule has 0 saturated heterocycles. The number of phenolic OH excluding ortho intramolecular Hbond substituents is 6. The van der Waals surface area contributed by atoms with Gasteiger partial charge < -0.3 is 44.8 Å². The van der Waals surface area contributed by atoms with Gasteiger partial charge in [-0.25, -0.2) is 42.5 Å². The van der Waals surface area contributed by atoms with Gasteiger partial charge in [0.15, 0.2) is 34.5 Å². The summed E-state index contributed by atoms with van der Waals surface area (Å²) in [5, 5.41) is 57.1. The van der Waals surface area contributed by atoms with E-state index in [4.69, 9.17) is 14.2 Å². The zero-order chi connectivity index (χ0) is 35.1. The van der Waals surface area contributed by atoms with Crippen LogP contribution in [0.25, 0.3) is 0 Å². The van der Waals surface area contributed by atoms with Crippen LogP contribution in [-0.2, 0) is 33.8 Å². The Hall–Kier alpha value is -6.72. The molecule has 1 aromatic heterocycles. The highest BCUT2D eigenvalue weighted by atomic mass is 16.5. The Bertz CT molecular complexity index is 1800. The Labute approximate surface area is 267 Å². The van der Waals surface area contributed by atoms with Crippen molar-refractivity contribution in [2.45, 2.75) is 19.6 Å². The summed E-state index contributed by atoms with van der Waals surface area (Å²) in [4.78, 5) is 76.8. The molecule has 18 nitrogen and oxygen atoms in total. The van der Waals surface area contributed by atoms with Gasteiger partial charge in [0.05, 0.1) is 36.3 Å². The van der Waals surface area contributed by atoms with Crippen molar-refractivity contribution in [2.24, 2.45) is 0 Å². The maximum absolute atomic E-state index is 13.2. The molecule has 1 heterocycles. The fourth-order valence-corrected chi connectivity index (χ4v) is 4.15. The number of rotatable bonds is 12. The molecule has 18 heteroatoms. The lowest BCUT2D eigenvalue weighted by Crippen LogP contribution is -2.55. The topological polar surface area (TPSA) is 266 Å². The average molecular weight is 670 g/mol. The third-order valence-electron chi connectivity index (χ3n) is 6.66. The van der Waals surface area contributed by atoms with Crippen LogP contribution in [0.15, 0.2) is 69.0 Å². The molecule has 4 aromatic rings. The predicted octanol–water partition coefficient (Wildman–Crippen LogP) is -0.0237. The van der Waals surface area contributed by atoms with Gasteiger partial charge in [-0.3, -0.25) is 0 Å². The minimum absolute atomic E-state index is 0.160. The number of esters is 3. The van der Waals surface area contributed by atoms with Gasteiger partial charge in [0, 0.05) is 0 Å².